The van der Waals surface area contributed by atoms with Crippen LogP contribution in [0.2, 0.25) is 0 Å². The second-order valence-corrected chi connectivity index (χ2v) is 6.98. The number of hydrogen-bond acceptors (Lipinski definition) is 4. The molecule has 1 amide bonds. The maximum Gasteiger partial charge on any atom is 0.257 e. The lowest BCUT2D eigenvalue weighted by Gasteiger charge is -2.33. The Morgan fingerprint density at radius 1 is 1.28 bits per heavy atom. The van der Waals surface area contributed by atoms with Crippen LogP contribution < -0.4 is 0 Å². The first-order valence-electron chi connectivity index (χ1n) is 9.08. The van der Waals surface area contributed by atoms with Gasteiger partial charge in [0.2, 0.25) is 0 Å². The number of carbonyl (C=O) groups is 1. The fraction of sp³-hybridized carbons (Fsp3) is 0.500. The lowest BCUT2D eigenvalue weighted by molar-refractivity contribution is -0.0229. The molecule has 1 aliphatic heterocycles. The quantitative estimate of drug-likeness (QED) is 0.841. The van der Waals surface area contributed by atoms with Crippen molar-refractivity contribution in [2.75, 3.05) is 19.7 Å². The summed E-state index contributed by atoms with van der Waals surface area (Å²) < 4.78 is 11.8. The van der Waals surface area contributed by atoms with Crippen molar-refractivity contribution in [3.05, 3.63) is 52.2 Å². The molecule has 0 N–H and O–H groups in total. The summed E-state index contributed by atoms with van der Waals surface area (Å²) in [6.07, 6.45) is 5.88. The van der Waals surface area contributed by atoms with E-state index in [1.165, 1.54) is 0 Å². The molecule has 0 saturated carbocycles. The smallest absolute Gasteiger partial charge is 0.257 e. The number of aryl methyl sites for hydroxylation is 3. The summed E-state index contributed by atoms with van der Waals surface area (Å²) in [7, 11) is 0. The molecule has 25 heavy (non-hydrogen) atoms. The zero-order valence-corrected chi connectivity index (χ0v) is 14.9. The number of hydrogen-bond donors (Lipinski definition) is 0. The Bertz CT molecular complexity index is 796. The van der Waals surface area contributed by atoms with Crippen LogP contribution in [0.3, 0.4) is 0 Å². The molecule has 2 aromatic rings. The minimum atomic E-state index is -0.0950. The van der Waals surface area contributed by atoms with E-state index < -0.39 is 0 Å². The molecule has 3 heterocycles. The van der Waals surface area contributed by atoms with E-state index in [1.54, 1.807) is 6.20 Å². The van der Waals surface area contributed by atoms with Gasteiger partial charge in [0.25, 0.3) is 5.91 Å². The number of aromatic nitrogens is 1. The second kappa shape index (κ2) is 6.64. The van der Waals surface area contributed by atoms with Gasteiger partial charge in [-0.25, -0.2) is 0 Å². The van der Waals surface area contributed by atoms with Crippen molar-refractivity contribution in [1.29, 1.82) is 0 Å². The molecule has 0 spiro atoms. The molecule has 1 saturated heterocycles. The highest BCUT2D eigenvalue weighted by Gasteiger charge is 2.31. The van der Waals surface area contributed by atoms with E-state index in [4.69, 9.17) is 9.15 Å². The van der Waals surface area contributed by atoms with Gasteiger partial charge in [-0.1, -0.05) is 0 Å². The summed E-state index contributed by atoms with van der Waals surface area (Å²) in [5.74, 6) is 1.87. The molecule has 5 nitrogen and oxygen atoms in total. The van der Waals surface area contributed by atoms with Crippen LogP contribution in [-0.2, 0) is 17.6 Å². The van der Waals surface area contributed by atoms with Gasteiger partial charge in [0.1, 0.15) is 17.6 Å². The summed E-state index contributed by atoms with van der Waals surface area (Å²) >= 11 is 0. The minimum Gasteiger partial charge on any atom is -0.465 e. The number of furan rings is 1. The highest BCUT2D eigenvalue weighted by molar-refractivity contribution is 5.97. The first-order valence-corrected chi connectivity index (χ1v) is 9.08. The predicted molar refractivity (Wildman–Crippen MR) is 93.7 cm³/mol. The van der Waals surface area contributed by atoms with Gasteiger partial charge in [0.15, 0.2) is 0 Å². The van der Waals surface area contributed by atoms with Crippen molar-refractivity contribution in [1.82, 2.24) is 9.88 Å². The second-order valence-electron chi connectivity index (χ2n) is 6.98. The standard InChI is InChI=1S/C20H24N2O3/c1-13-11-15(7-8-21-13)18-12-22(9-10-24-18)20(23)19-14(2)25-17-6-4-3-5-16(17)19/h7-8,11,18H,3-6,9-10,12H2,1-2H3. The molecule has 132 valence electrons. The highest BCUT2D eigenvalue weighted by atomic mass is 16.5. The molecule has 4 rings (SSSR count). The first kappa shape index (κ1) is 16.3. The number of nitrogens with zero attached hydrogens (tertiary/aromatic N) is 2. The molecular formula is C20H24N2O3. The van der Waals surface area contributed by atoms with Crippen molar-refractivity contribution in [3.63, 3.8) is 0 Å². The highest BCUT2D eigenvalue weighted by Crippen LogP contribution is 2.31. The van der Waals surface area contributed by atoms with Crippen molar-refractivity contribution < 1.29 is 13.9 Å². The van der Waals surface area contributed by atoms with Crippen molar-refractivity contribution in [2.45, 2.75) is 45.6 Å². The maximum absolute atomic E-state index is 13.2. The fourth-order valence-corrected chi connectivity index (χ4v) is 3.94. The molecule has 0 aromatic carbocycles. The van der Waals surface area contributed by atoms with Crippen LogP contribution in [0.25, 0.3) is 0 Å². The molecule has 0 bridgehead atoms. The number of amides is 1. The van der Waals surface area contributed by atoms with E-state index >= 15 is 0 Å². The Morgan fingerprint density at radius 3 is 2.96 bits per heavy atom. The number of rotatable bonds is 2. The third kappa shape index (κ3) is 3.09. The summed E-state index contributed by atoms with van der Waals surface area (Å²) in [5, 5.41) is 0. The van der Waals surface area contributed by atoms with Gasteiger partial charge in [-0.3, -0.25) is 9.78 Å². The monoisotopic (exact) mass is 340 g/mol. The Labute approximate surface area is 148 Å². The van der Waals surface area contributed by atoms with E-state index in [-0.39, 0.29) is 12.0 Å². The SMILES string of the molecule is Cc1cc(C2CN(C(=O)c3c(C)oc4c3CCCC4)CCO2)ccn1. The van der Waals surface area contributed by atoms with E-state index in [9.17, 15) is 4.79 Å². The Kier molecular flexibility index (Phi) is 4.34. The molecule has 2 aromatic heterocycles. The Hall–Kier alpha value is -2.14. The first-order chi connectivity index (χ1) is 12.1. The number of carbonyl (C=O) groups excluding carboxylic acids is 1. The van der Waals surface area contributed by atoms with E-state index in [0.717, 1.165) is 59.6 Å². The zero-order valence-electron chi connectivity index (χ0n) is 14.9. The number of morpholine rings is 1. The van der Waals surface area contributed by atoms with Crippen LogP contribution in [0.4, 0.5) is 0 Å². The molecule has 1 atom stereocenters. The summed E-state index contributed by atoms with van der Waals surface area (Å²) in [6, 6.07) is 4.00. The lowest BCUT2D eigenvalue weighted by atomic mass is 9.94. The van der Waals surface area contributed by atoms with Crippen molar-refractivity contribution >= 4 is 5.91 Å². The van der Waals surface area contributed by atoms with Crippen LogP contribution in [-0.4, -0.2) is 35.5 Å². The molecule has 5 heteroatoms. The van der Waals surface area contributed by atoms with E-state index in [1.807, 2.05) is 30.9 Å². The maximum atomic E-state index is 13.2. The molecule has 1 aliphatic carbocycles. The lowest BCUT2D eigenvalue weighted by Crippen LogP contribution is -2.42. The third-order valence-corrected chi connectivity index (χ3v) is 5.21. The van der Waals surface area contributed by atoms with Gasteiger partial charge in [0, 0.05) is 30.4 Å². The van der Waals surface area contributed by atoms with Gasteiger partial charge in [-0.15, -0.1) is 0 Å². The van der Waals surface area contributed by atoms with Gasteiger partial charge in [-0.05, 0) is 50.8 Å². The fourth-order valence-electron chi connectivity index (χ4n) is 3.94. The van der Waals surface area contributed by atoms with Crippen LogP contribution in [0, 0.1) is 13.8 Å². The topological polar surface area (TPSA) is 55.6 Å². The molecule has 1 fully saturated rings. The molecule has 0 radical (unpaired) electrons. The normalized spacial score (nSPS) is 20.4. The third-order valence-electron chi connectivity index (χ3n) is 5.21. The largest absolute Gasteiger partial charge is 0.465 e. The van der Waals surface area contributed by atoms with Crippen LogP contribution in [0.1, 0.15) is 57.6 Å². The van der Waals surface area contributed by atoms with E-state index in [2.05, 4.69) is 4.98 Å². The van der Waals surface area contributed by atoms with Crippen LogP contribution in [0.15, 0.2) is 22.7 Å². The van der Waals surface area contributed by atoms with Crippen molar-refractivity contribution in [2.24, 2.45) is 0 Å². The predicted octanol–water partition coefficient (Wildman–Crippen LogP) is 3.38. The summed E-state index contributed by atoms with van der Waals surface area (Å²) in [4.78, 5) is 19.3. The van der Waals surface area contributed by atoms with Crippen LogP contribution >= 0.6 is 0 Å². The number of ether oxygens (including phenoxy) is 1. The number of pyridine rings is 1. The summed E-state index contributed by atoms with van der Waals surface area (Å²) in [6.45, 7) is 5.63. The Balaban J connectivity index is 1.57. The van der Waals surface area contributed by atoms with Gasteiger partial charge in [-0.2, -0.15) is 0 Å². The van der Waals surface area contributed by atoms with Crippen molar-refractivity contribution in [3.8, 4) is 0 Å². The molecule has 2 aliphatic rings. The minimum absolute atomic E-state index is 0.0866. The molecule has 1 unspecified atom stereocenters. The zero-order chi connectivity index (χ0) is 17.4. The molecular weight excluding hydrogens is 316 g/mol. The van der Waals surface area contributed by atoms with Gasteiger partial charge in [0.05, 0.1) is 18.7 Å². The Morgan fingerprint density at radius 2 is 2.12 bits per heavy atom. The van der Waals surface area contributed by atoms with Gasteiger partial charge >= 0.3 is 0 Å². The average Bonchev–Trinajstić information content (AvgIpc) is 2.97. The number of fused-ring (bicyclic) bond motifs is 1. The van der Waals surface area contributed by atoms with E-state index in [0.29, 0.717) is 19.7 Å². The average molecular weight is 340 g/mol. The summed E-state index contributed by atoms with van der Waals surface area (Å²) in [5.41, 5.74) is 3.97. The van der Waals surface area contributed by atoms with Crippen LogP contribution in [0.5, 0.6) is 0 Å². The van der Waals surface area contributed by atoms with Gasteiger partial charge < -0.3 is 14.1 Å².